The quantitative estimate of drug-likeness (QED) is 0.852. The van der Waals surface area contributed by atoms with Gasteiger partial charge in [0.2, 0.25) is 0 Å². The van der Waals surface area contributed by atoms with Gasteiger partial charge in [-0.3, -0.25) is 4.79 Å². The lowest BCUT2D eigenvalue weighted by atomic mass is 10.1. The van der Waals surface area contributed by atoms with Crippen LogP contribution in [0, 0.1) is 6.92 Å². The third kappa shape index (κ3) is 5.00. The first-order valence-corrected chi connectivity index (χ1v) is 7.31. The van der Waals surface area contributed by atoms with Crippen LogP contribution >= 0.6 is 11.6 Å². The van der Waals surface area contributed by atoms with Gasteiger partial charge in [-0.1, -0.05) is 23.7 Å². The van der Waals surface area contributed by atoms with Gasteiger partial charge in [-0.2, -0.15) is 0 Å². The van der Waals surface area contributed by atoms with Gasteiger partial charge < -0.3 is 15.2 Å². The monoisotopic (exact) mass is 333 g/mol. The van der Waals surface area contributed by atoms with Crippen LogP contribution in [-0.2, 0) is 11.3 Å². The maximum absolute atomic E-state index is 11.8. The molecular weight excluding hydrogens is 318 g/mol. The second kappa shape index (κ2) is 7.65. The van der Waals surface area contributed by atoms with Crippen LogP contribution in [0.15, 0.2) is 42.5 Å². The maximum atomic E-state index is 11.8. The van der Waals surface area contributed by atoms with E-state index in [-0.39, 0.29) is 18.1 Å². The number of ether oxygens (including phenoxy) is 1. The smallest absolute Gasteiger partial charge is 0.335 e. The first-order chi connectivity index (χ1) is 11.0. The van der Waals surface area contributed by atoms with Crippen molar-refractivity contribution in [2.24, 2.45) is 0 Å². The van der Waals surface area contributed by atoms with Crippen LogP contribution in [0.4, 0.5) is 0 Å². The molecule has 0 unspecified atom stereocenters. The van der Waals surface area contributed by atoms with Crippen LogP contribution in [-0.4, -0.2) is 23.6 Å². The van der Waals surface area contributed by atoms with Crippen molar-refractivity contribution in [2.45, 2.75) is 13.5 Å². The van der Waals surface area contributed by atoms with Crippen LogP contribution in [0.3, 0.4) is 0 Å². The SMILES string of the molecule is Cc1cc(OCC(=O)NCc2ccc(C(=O)O)cc2)ccc1Cl. The van der Waals surface area contributed by atoms with Gasteiger partial charge in [0.05, 0.1) is 5.56 Å². The van der Waals surface area contributed by atoms with Crippen molar-refractivity contribution in [1.29, 1.82) is 0 Å². The number of carboxylic acid groups (broad SMARTS) is 1. The zero-order chi connectivity index (χ0) is 16.8. The molecule has 0 aliphatic carbocycles. The summed E-state index contributed by atoms with van der Waals surface area (Å²) in [6, 6.07) is 11.5. The van der Waals surface area contributed by atoms with Crippen LogP contribution in [0.25, 0.3) is 0 Å². The molecule has 6 heteroatoms. The lowest BCUT2D eigenvalue weighted by molar-refractivity contribution is -0.123. The standard InChI is InChI=1S/C17H16ClNO4/c1-11-8-14(6-7-15(11)18)23-10-16(20)19-9-12-2-4-13(5-3-12)17(21)22/h2-8H,9-10H2,1H3,(H,19,20)(H,21,22). The van der Waals surface area contributed by atoms with Crippen molar-refractivity contribution in [2.75, 3.05) is 6.61 Å². The van der Waals surface area contributed by atoms with Crippen molar-refractivity contribution in [1.82, 2.24) is 5.32 Å². The summed E-state index contributed by atoms with van der Waals surface area (Å²) >= 11 is 5.92. The zero-order valence-corrected chi connectivity index (χ0v) is 13.3. The summed E-state index contributed by atoms with van der Waals surface area (Å²) in [4.78, 5) is 22.5. The number of aromatic carboxylic acids is 1. The fraction of sp³-hybridized carbons (Fsp3) is 0.176. The molecular formula is C17H16ClNO4. The topological polar surface area (TPSA) is 75.6 Å². The molecule has 2 N–H and O–H groups in total. The minimum Gasteiger partial charge on any atom is -0.484 e. The van der Waals surface area contributed by atoms with E-state index in [2.05, 4.69) is 5.32 Å². The number of halogens is 1. The van der Waals surface area contributed by atoms with Crippen molar-refractivity contribution < 1.29 is 19.4 Å². The minimum absolute atomic E-state index is 0.103. The van der Waals surface area contributed by atoms with Gasteiger partial charge in [-0.15, -0.1) is 0 Å². The third-order valence-corrected chi connectivity index (χ3v) is 3.61. The first-order valence-electron chi connectivity index (χ1n) is 6.93. The van der Waals surface area contributed by atoms with E-state index < -0.39 is 5.97 Å². The molecule has 0 saturated heterocycles. The van der Waals surface area contributed by atoms with Gasteiger partial charge in [0.15, 0.2) is 6.61 Å². The van der Waals surface area contributed by atoms with Crippen molar-refractivity contribution in [3.63, 3.8) is 0 Å². The number of carbonyl (C=O) groups is 2. The van der Waals surface area contributed by atoms with E-state index in [1.807, 2.05) is 6.92 Å². The van der Waals surface area contributed by atoms with Gasteiger partial charge in [0, 0.05) is 11.6 Å². The fourth-order valence-corrected chi connectivity index (χ4v) is 1.99. The summed E-state index contributed by atoms with van der Waals surface area (Å²) in [5.74, 6) is -0.667. The van der Waals surface area contributed by atoms with E-state index in [4.69, 9.17) is 21.4 Å². The number of hydrogen-bond donors (Lipinski definition) is 2. The Morgan fingerprint density at radius 2 is 1.87 bits per heavy atom. The number of hydrogen-bond acceptors (Lipinski definition) is 3. The van der Waals surface area contributed by atoms with Crippen molar-refractivity contribution >= 4 is 23.5 Å². The van der Waals surface area contributed by atoms with Crippen LogP contribution < -0.4 is 10.1 Å². The average Bonchev–Trinajstić information content (AvgIpc) is 2.54. The molecule has 0 spiro atoms. The maximum Gasteiger partial charge on any atom is 0.335 e. The van der Waals surface area contributed by atoms with Crippen molar-refractivity contribution in [3.8, 4) is 5.75 Å². The third-order valence-electron chi connectivity index (χ3n) is 3.19. The van der Waals surface area contributed by atoms with Gasteiger partial charge in [0.25, 0.3) is 5.91 Å². The number of benzene rings is 2. The van der Waals surface area contributed by atoms with Crippen molar-refractivity contribution in [3.05, 3.63) is 64.2 Å². The minimum atomic E-state index is -0.979. The molecule has 23 heavy (non-hydrogen) atoms. The number of nitrogens with one attached hydrogen (secondary N) is 1. The molecule has 120 valence electrons. The lowest BCUT2D eigenvalue weighted by Crippen LogP contribution is -2.28. The molecule has 5 nitrogen and oxygen atoms in total. The molecule has 1 amide bonds. The van der Waals surface area contributed by atoms with E-state index in [0.717, 1.165) is 11.1 Å². The van der Waals surface area contributed by atoms with Gasteiger partial charge in [-0.05, 0) is 48.4 Å². The number of rotatable bonds is 6. The molecule has 0 heterocycles. The van der Waals surface area contributed by atoms with Crippen LogP contribution in [0.2, 0.25) is 5.02 Å². The Morgan fingerprint density at radius 3 is 2.48 bits per heavy atom. The molecule has 0 aliphatic rings. The number of amides is 1. The molecule has 0 atom stereocenters. The molecule has 0 fully saturated rings. The highest BCUT2D eigenvalue weighted by atomic mass is 35.5. The van der Waals surface area contributed by atoms with E-state index in [0.29, 0.717) is 17.3 Å². The Morgan fingerprint density at radius 1 is 1.17 bits per heavy atom. The van der Waals surface area contributed by atoms with E-state index in [1.165, 1.54) is 12.1 Å². The Balaban J connectivity index is 1.80. The average molecular weight is 334 g/mol. The Kier molecular flexibility index (Phi) is 5.60. The summed E-state index contributed by atoms with van der Waals surface area (Å²) in [5.41, 5.74) is 1.90. The fourth-order valence-electron chi connectivity index (χ4n) is 1.87. The molecule has 0 bridgehead atoms. The lowest BCUT2D eigenvalue weighted by Gasteiger charge is -2.09. The summed E-state index contributed by atoms with van der Waals surface area (Å²) in [6.45, 7) is 2.06. The zero-order valence-electron chi connectivity index (χ0n) is 12.5. The molecule has 0 saturated carbocycles. The second-order valence-electron chi connectivity index (χ2n) is 4.98. The molecule has 2 aromatic carbocycles. The first kappa shape index (κ1) is 16.8. The molecule has 2 rings (SSSR count). The number of carboxylic acids is 1. The predicted molar refractivity (Wildman–Crippen MR) is 86.9 cm³/mol. The Bertz CT molecular complexity index is 713. The second-order valence-corrected chi connectivity index (χ2v) is 5.39. The van der Waals surface area contributed by atoms with Gasteiger partial charge in [0.1, 0.15) is 5.75 Å². The summed E-state index contributed by atoms with van der Waals surface area (Å²) in [5, 5.41) is 12.2. The number of aryl methyl sites for hydroxylation is 1. The van der Waals surface area contributed by atoms with Crippen LogP contribution in [0.1, 0.15) is 21.5 Å². The molecule has 0 aliphatic heterocycles. The van der Waals surface area contributed by atoms with E-state index in [1.54, 1.807) is 30.3 Å². The number of carbonyl (C=O) groups excluding carboxylic acids is 1. The summed E-state index contributed by atoms with van der Waals surface area (Å²) < 4.78 is 5.39. The van der Waals surface area contributed by atoms with Gasteiger partial charge in [-0.25, -0.2) is 4.79 Å². The van der Waals surface area contributed by atoms with E-state index in [9.17, 15) is 9.59 Å². The Hall–Kier alpha value is -2.53. The highest BCUT2D eigenvalue weighted by molar-refractivity contribution is 6.31. The predicted octanol–water partition coefficient (Wildman–Crippen LogP) is 3.04. The molecule has 2 aromatic rings. The molecule has 0 radical (unpaired) electrons. The summed E-state index contributed by atoms with van der Waals surface area (Å²) in [6.07, 6.45) is 0. The molecule has 0 aromatic heterocycles. The Labute approximate surface area is 138 Å². The van der Waals surface area contributed by atoms with Gasteiger partial charge >= 0.3 is 5.97 Å². The highest BCUT2D eigenvalue weighted by Crippen LogP contribution is 2.20. The van der Waals surface area contributed by atoms with Crippen LogP contribution in [0.5, 0.6) is 5.75 Å². The normalized spacial score (nSPS) is 10.2. The largest absolute Gasteiger partial charge is 0.484 e. The highest BCUT2D eigenvalue weighted by Gasteiger charge is 2.05. The van der Waals surface area contributed by atoms with E-state index >= 15 is 0 Å². The summed E-state index contributed by atoms with van der Waals surface area (Å²) in [7, 11) is 0.